The average molecular weight is 309 g/mol. The molecule has 0 unspecified atom stereocenters. The van der Waals surface area contributed by atoms with Crippen molar-refractivity contribution in [3.05, 3.63) is 29.8 Å². The Morgan fingerprint density at radius 3 is 2.14 bits per heavy atom. The van der Waals surface area contributed by atoms with E-state index in [1.807, 2.05) is 0 Å². The number of nitrogens with zero attached hydrogens (tertiary/aromatic N) is 1. The van der Waals surface area contributed by atoms with Crippen LogP contribution in [-0.4, -0.2) is 26.8 Å². The van der Waals surface area contributed by atoms with Crippen molar-refractivity contribution in [2.75, 3.05) is 26.1 Å². The normalized spacial score (nSPS) is 10.5. The molecule has 1 rings (SSSR count). The number of unbranched alkanes of at least 4 members (excludes halogenated alkanes) is 5. The minimum atomic E-state index is -0.290. The van der Waals surface area contributed by atoms with Crippen molar-refractivity contribution in [1.82, 2.24) is 0 Å². The van der Waals surface area contributed by atoms with Gasteiger partial charge in [0, 0.05) is 0 Å². The van der Waals surface area contributed by atoms with Crippen LogP contribution in [0, 0.1) is 0 Å². The summed E-state index contributed by atoms with van der Waals surface area (Å²) in [4.78, 5) is 21.9. The number of esters is 1. The van der Waals surface area contributed by atoms with Gasteiger partial charge >= 0.3 is 5.97 Å². The third kappa shape index (κ3) is 6.45. The fourth-order valence-electron chi connectivity index (χ4n) is 2.14. The SMILES string of the molecule is CCCCCCCCOC(=O)c1ccc(N(OC)OC)cc1. The van der Waals surface area contributed by atoms with E-state index in [2.05, 4.69) is 6.92 Å². The van der Waals surface area contributed by atoms with Crippen molar-refractivity contribution >= 4 is 11.7 Å². The predicted molar refractivity (Wildman–Crippen MR) is 86.6 cm³/mol. The first-order chi connectivity index (χ1) is 10.7. The van der Waals surface area contributed by atoms with E-state index in [1.165, 1.54) is 45.1 Å². The summed E-state index contributed by atoms with van der Waals surface area (Å²) in [5.74, 6) is -0.290. The third-order valence-electron chi connectivity index (χ3n) is 3.38. The summed E-state index contributed by atoms with van der Waals surface area (Å²) in [5.41, 5.74) is 1.24. The summed E-state index contributed by atoms with van der Waals surface area (Å²) in [6.45, 7) is 2.68. The van der Waals surface area contributed by atoms with Gasteiger partial charge in [-0.05, 0) is 30.7 Å². The quantitative estimate of drug-likeness (QED) is 0.349. The van der Waals surface area contributed by atoms with Crippen LogP contribution in [0.2, 0.25) is 0 Å². The van der Waals surface area contributed by atoms with Crippen molar-refractivity contribution in [3.8, 4) is 0 Å². The van der Waals surface area contributed by atoms with Crippen LogP contribution in [0.3, 0.4) is 0 Å². The van der Waals surface area contributed by atoms with E-state index >= 15 is 0 Å². The van der Waals surface area contributed by atoms with Gasteiger partial charge in [0.05, 0.1) is 32.1 Å². The van der Waals surface area contributed by atoms with Crippen molar-refractivity contribution in [1.29, 1.82) is 0 Å². The second kappa shape index (κ2) is 11.0. The van der Waals surface area contributed by atoms with Crippen LogP contribution in [0.5, 0.6) is 0 Å². The van der Waals surface area contributed by atoms with Gasteiger partial charge in [-0.15, -0.1) is 5.23 Å². The van der Waals surface area contributed by atoms with E-state index in [4.69, 9.17) is 14.4 Å². The standard InChI is InChI=1S/C17H27NO4/c1-4-5-6-7-8-9-14-22-17(19)15-10-12-16(13-11-15)18(20-2)21-3/h10-13H,4-9,14H2,1-3H3. The first kappa shape index (κ1) is 18.5. The Hall–Kier alpha value is -1.59. The molecule has 22 heavy (non-hydrogen) atoms. The fraction of sp³-hybridized carbons (Fsp3) is 0.588. The van der Waals surface area contributed by atoms with E-state index in [-0.39, 0.29) is 5.97 Å². The summed E-state index contributed by atoms with van der Waals surface area (Å²) < 4.78 is 5.27. The molecule has 0 N–H and O–H groups in total. The molecule has 0 bridgehead atoms. The van der Waals surface area contributed by atoms with Crippen LogP contribution in [-0.2, 0) is 14.4 Å². The lowest BCUT2D eigenvalue weighted by molar-refractivity contribution is -0.0433. The van der Waals surface area contributed by atoms with Crippen molar-refractivity contribution in [3.63, 3.8) is 0 Å². The largest absolute Gasteiger partial charge is 0.462 e. The van der Waals surface area contributed by atoms with Crippen molar-refractivity contribution < 1.29 is 19.2 Å². The molecule has 0 fully saturated rings. The average Bonchev–Trinajstić information content (AvgIpc) is 2.55. The zero-order chi connectivity index (χ0) is 16.2. The topological polar surface area (TPSA) is 48.0 Å². The number of hydrogen-bond donors (Lipinski definition) is 0. The maximum Gasteiger partial charge on any atom is 0.338 e. The molecular weight excluding hydrogens is 282 g/mol. The van der Waals surface area contributed by atoms with Crippen molar-refractivity contribution in [2.24, 2.45) is 0 Å². The maximum absolute atomic E-state index is 11.9. The van der Waals surface area contributed by atoms with Gasteiger partial charge < -0.3 is 4.74 Å². The van der Waals surface area contributed by atoms with E-state index < -0.39 is 0 Å². The van der Waals surface area contributed by atoms with Gasteiger partial charge in [-0.3, -0.25) is 9.68 Å². The predicted octanol–water partition coefficient (Wildman–Crippen LogP) is 4.13. The van der Waals surface area contributed by atoms with Gasteiger partial charge in [0.1, 0.15) is 0 Å². The first-order valence-corrected chi connectivity index (χ1v) is 7.88. The number of carbonyl (C=O) groups excluding carboxylic acids is 1. The molecular formula is C17H27NO4. The molecule has 0 saturated carbocycles. The molecule has 0 aromatic heterocycles. The molecule has 124 valence electrons. The summed E-state index contributed by atoms with van der Waals surface area (Å²) in [7, 11) is 3.01. The highest BCUT2D eigenvalue weighted by Crippen LogP contribution is 2.16. The lowest BCUT2D eigenvalue weighted by Crippen LogP contribution is -2.19. The smallest absolute Gasteiger partial charge is 0.338 e. The second-order valence-electron chi connectivity index (χ2n) is 5.07. The molecule has 0 aliphatic carbocycles. The molecule has 0 heterocycles. The van der Waals surface area contributed by atoms with Gasteiger partial charge in [-0.25, -0.2) is 4.79 Å². The molecule has 5 nitrogen and oxygen atoms in total. The molecule has 0 radical (unpaired) electrons. The van der Waals surface area contributed by atoms with E-state index in [0.29, 0.717) is 17.9 Å². The van der Waals surface area contributed by atoms with Crippen LogP contribution < -0.4 is 5.23 Å². The summed E-state index contributed by atoms with van der Waals surface area (Å²) >= 11 is 0. The Morgan fingerprint density at radius 1 is 0.955 bits per heavy atom. The van der Waals surface area contributed by atoms with Crippen LogP contribution >= 0.6 is 0 Å². The van der Waals surface area contributed by atoms with Gasteiger partial charge in [-0.2, -0.15) is 0 Å². The monoisotopic (exact) mass is 309 g/mol. The zero-order valence-electron chi connectivity index (χ0n) is 13.8. The number of benzene rings is 1. The van der Waals surface area contributed by atoms with Gasteiger partial charge in [0.2, 0.25) is 0 Å². The van der Waals surface area contributed by atoms with Gasteiger partial charge in [0.25, 0.3) is 0 Å². The lowest BCUT2D eigenvalue weighted by atomic mass is 10.1. The van der Waals surface area contributed by atoms with Crippen LogP contribution in [0.15, 0.2) is 24.3 Å². The maximum atomic E-state index is 11.9. The summed E-state index contributed by atoms with van der Waals surface area (Å²) in [5, 5.41) is 1.26. The van der Waals surface area contributed by atoms with Crippen LogP contribution in [0.4, 0.5) is 5.69 Å². The Kier molecular flexibility index (Phi) is 9.26. The zero-order valence-corrected chi connectivity index (χ0v) is 13.8. The molecule has 0 amide bonds. The second-order valence-corrected chi connectivity index (χ2v) is 5.07. The summed E-state index contributed by atoms with van der Waals surface area (Å²) in [6, 6.07) is 6.89. The molecule has 5 heteroatoms. The van der Waals surface area contributed by atoms with Crippen molar-refractivity contribution in [2.45, 2.75) is 45.4 Å². The van der Waals surface area contributed by atoms with E-state index in [1.54, 1.807) is 24.3 Å². The molecule has 1 aromatic rings. The highest BCUT2D eigenvalue weighted by atomic mass is 16.9. The number of ether oxygens (including phenoxy) is 1. The Balaban J connectivity index is 2.30. The highest BCUT2D eigenvalue weighted by Gasteiger charge is 2.09. The van der Waals surface area contributed by atoms with Crippen LogP contribution in [0.25, 0.3) is 0 Å². The molecule has 0 aliphatic rings. The van der Waals surface area contributed by atoms with Crippen LogP contribution in [0.1, 0.15) is 55.8 Å². The van der Waals surface area contributed by atoms with Gasteiger partial charge in [-0.1, -0.05) is 39.0 Å². The lowest BCUT2D eigenvalue weighted by Gasteiger charge is -2.17. The van der Waals surface area contributed by atoms with E-state index in [9.17, 15) is 4.79 Å². The molecule has 0 saturated heterocycles. The number of anilines is 1. The number of carbonyl (C=O) groups is 1. The summed E-state index contributed by atoms with van der Waals surface area (Å²) in [6.07, 6.45) is 7.05. The van der Waals surface area contributed by atoms with Gasteiger partial charge in [0.15, 0.2) is 0 Å². The minimum absolute atomic E-state index is 0.290. The molecule has 0 spiro atoms. The highest BCUT2D eigenvalue weighted by molar-refractivity contribution is 5.89. The number of hydrogen-bond acceptors (Lipinski definition) is 5. The molecule has 0 aliphatic heterocycles. The minimum Gasteiger partial charge on any atom is -0.462 e. The Bertz CT molecular complexity index is 415. The number of rotatable bonds is 11. The Labute approximate surface area is 133 Å². The molecule has 0 atom stereocenters. The fourth-order valence-corrected chi connectivity index (χ4v) is 2.14. The Morgan fingerprint density at radius 2 is 1.55 bits per heavy atom. The molecule has 1 aromatic carbocycles. The van der Waals surface area contributed by atoms with E-state index in [0.717, 1.165) is 12.8 Å². The third-order valence-corrected chi connectivity index (χ3v) is 3.38. The first-order valence-electron chi connectivity index (χ1n) is 7.88.